The molecule has 0 aromatic heterocycles. The summed E-state index contributed by atoms with van der Waals surface area (Å²) in [6.07, 6.45) is -0.527. The van der Waals surface area contributed by atoms with E-state index in [2.05, 4.69) is 10.8 Å². The number of hydrogen-bond acceptors (Lipinski definition) is 3. The molecule has 0 saturated carbocycles. The van der Waals surface area contributed by atoms with Crippen molar-refractivity contribution in [3.63, 3.8) is 0 Å². The van der Waals surface area contributed by atoms with E-state index in [-0.39, 0.29) is 12.6 Å². The second kappa shape index (κ2) is 6.00. The quantitative estimate of drug-likeness (QED) is 0.543. The zero-order valence-corrected chi connectivity index (χ0v) is 8.18. The molecule has 1 unspecified atom stereocenters. The lowest BCUT2D eigenvalue weighted by molar-refractivity contribution is 0.123. The average molecular weight is 210 g/mol. The van der Waals surface area contributed by atoms with Gasteiger partial charge in [-0.15, -0.1) is 0 Å². The van der Waals surface area contributed by atoms with Crippen molar-refractivity contribution in [1.29, 1.82) is 0 Å². The lowest BCUT2D eigenvalue weighted by Gasteiger charge is -2.14. The van der Waals surface area contributed by atoms with E-state index in [0.29, 0.717) is 6.42 Å². The molecule has 0 spiro atoms. The molecule has 1 aromatic rings. The van der Waals surface area contributed by atoms with Crippen molar-refractivity contribution in [3.8, 4) is 0 Å². The summed E-state index contributed by atoms with van der Waals surface area (Å²) in [7, 11) is 0. The first-order chi connectivity index (χ1) is 7.22. The SMILES string of the molecule is O=C(O)NCC(Cc1ccccc1)NO. The van der Waals surface area contributed by atoms with E-state index < -0.39 is 6.09 Å². The highest BCUT2D eigenvalue weighted by atomic mass is 16.5. The maximum absolute atomic E-state index is 10.3. The lowest BCUT2D eigenvalue weighted by Crippen LogP contribution is -2.40. The van der Waals surface area contributed by atoms with Gasteiger partial charge in [-0.05, 0) is 12.0 Å². The van der Waals surface area contributed by atoms with Gasteiger partial charge in [0.1, 0.15) is 0 Å². The zero-order valence-electron chi connectivity index (χ0n) is 8.18. The van der Waals surface area contributed by atoms with Crippen LogP contribution in [0.5, 0.6) is 0 Å². The third-order valence-electron chi connectivity index (χ3n) is 2.01. The molecule has 1 amide bonds. The first-order valence-corrected chi connectivity index (χ1v) is 4.62. The summed E-state index contributed by atoms with van der Waals surface area (Å²) in [6.45, 7) is 0.167. The number of hydroxylamine groups is 1. The summed E-state index contributed by atoms with van der Waals surface area (Å²) < 4.78 is 0. The molecule has 0 radical (unpaired) electrons. The summed E-state index contributed by atoms with van der Waals surface area (Å²) >= 11 is 0. The number of benzene rings is 1. The van der Waals surface area contributed by atoms with Gasteiger partial charge in [0.25, 0.3) is 0 Å². The molecule has 1 atom stereocenters. The highest BCUT2D eigenvalue weighted by molar-refractivity contribution is 5.64. The maximum atomic E-state index is 10.3. The number of carboxylic acid groups (broad SMARTS) is 1. The summed E-state index contributed by atoms with van der Waals surface area (Å²) in [4.78, 5) is 10.3. The molecule has 4 N–H and O–H groups in total. The number of carbonyl (C=O) groups is 1. The minimum Gasteiger partial charge on any atom is -0.465 e. The molecular weight excluding hydrogens is 196 g/mol. The van der Waals surface area contributed by atoms with Crippen LogP contribution in [0.4, 0.5) is 4.79 Å². The minimum absolute atomic E-state index is 0.167. The fourth-order valence-corrected chi connectivity index (χ4v) is 1.27. The highest BCUT2D eigenvalue weighted by Crippen LogP contribution is 2.02. The Kier molecular flexibility index (Phi) is 4.59. The first-order valence-electron chi connectivity index (χ1n) is 4.62. The van der Waals surface area contributed by atoms with E-state index >= 15 is 0 Å². The minimum atomic E-state index is -1.09. The second-order valence-corrected chi connectivity index (χ2v) is 3.20. The second-order valence-electron chi connectivity index (χ2n) is 3.20. The molecule has 82 valence electrons. The van der Waals surface area contributed by atoms with E-state index in [1.807, 2.05) is 30.3 Å². The van der Waals surface area contributed by atoms with Crippen molar-refractivity contribution >= 4 is 6.09 Å². The van der Waals surface area contributed by atoms with Crippen molar-refractivity contribution in [2.24, 2.45) is 0 Å². The summed E-state index contributed by atoms with van der Waals surface area (Å²) in [5, 5.41) is 19.4. The Balaban J connectivity index is 2.43. The van der Waals surface area contributed by atoms with Gasteiger partial charge < -0.3 is 15.6 Å². The van der Waals surface area contributed by atoms with E-state index in [1.165, 1.54) is 0 Å². The topological polar surface area (TPSA) is 81.6 Å². The van der Waals surface area contributed by atoms with Crippen LogP contribution in [0.25, 0.3) is 0 Å². The van der Waals surface area contributed by atoms with Crippen LogP contribution in [0.15, 0.2) is 30.3 Å². The summed E-state index contributed by atoms with van der Waals surface area (Å²) in [5.41, 5.74) is 3.12. The fourth-order valence-electron chi connectivity index (χ4n) is 1.27. The predicted molar refractivity (Wildman–Crippen MR) is 54.9 cm³/mol. The Morgan fingerprint density at radius 3 is 2.53 bits per heavy atom. The van der Waals surface area contributed by atoms with Crippen molar-refractivity contribution in [2.75, 3.05) is 6.54 Å². The highest BCUT2D eigenvalue weighted by Gasteiger charge is 2.08. The number of amides is 1. The molecule has 0 fully saturated rings. The van der Waals surface area contributed by atoms with E-state index in [1.54, 1.807) is 0 Å². The number of hydrogen-bond donors (Lipinski definition) is 4. The molecule has 0 heterocycles. The molecule has 0 aliphatic rings. The Morgan fingerprint density at radius 1 is 1.33 bits per heavy atom. The number of rotatable bonds is 5. The molecular formula is C10H14N2O3. The van der Waals surface area contributed by atoms with Crippen LogP contribution in [0.3, 0.4) is 0 Å². The largest absolute Gasteiger partial charge is 0.465 e. The van der Waals surface area contributed by atoms with Crippen LogP contribution >= 0.6 is 0 Å². The first kappa shape index (κ1) is 11.5. The molecule has 1 rings (SSSR count). The van der Waals surface area contributed by atoms with Crippen molar-refractivity contribution in [2.45, 2.75) is 12.5 Å². The van der Waals surface area contributed by atoms with Gasteiger partial charge in [-0.25, -0.2) is 10.3 Å². The molecule has 1 aromatic carbocycles. The van der Waals surface area contributed by atoms with Gasteiger partial charge in [-0.2, -0.15) is 0 Å². The van der Waals surface area contributed by atoms with E-state index in [4.69, 9.17) is 10.3 Å². The number of nitrogens with one attached hydrogen (secondary N) is 2. The van der Waals surface area contributed by atoms with E-state index in [9.17, 15) is 4.79 Å². The molecule has 5 heteroatoms. The normalized spacial score (nSPS) is 12.1. The van der Waals surface area contributed by atoms with Gasteiger partial charge in [-0.1, -0.05) is 30.3 Å². The molecule has 15 heavy (non-hydrogen) atoms. The van der Waals surface area contributed by atoms with Gasteiger partial charge in [-0.3, -0.25) is 0 Å². The van der Waals surface area contributed by atoms with Gasteiger partial charge in [0.2, 0.25) is 0 Å². The monoisotopic (exact) mass is 210 g/mol. The molecule has 0 bridgehead atoms. The van der Waals surface area contributed by atoms with Crippen LogP contribution in [-0.2, 0) is 6.42 Å². The predicted octanol–water partition coefficient (Wildman–Crippen LogP) is 0.844. The van der Waals surface area contributed by atoms with Gasteiger partial charge in [0.15, 0.2) is 0 Å². The lowest BCUT2D eigenvalue weighted by atomic mass is 10.1. The van der Waals surface area contributed by atoms with Crippen molar-refractivity contribution in [1.82, 2.24) is 10.8 Å². The standard InChI is InChI=1S/C10H14N2O3/c13-10(14)11-7-9(12-15)6-8-4-2-1-3-5-8/h1-5,9,11-12,15H,6-7H2,(H,13,14). The smallest absolute Gasteiger partial charge is 0.404 e. The molecule has 5 nitrogen and oxygen atoms in total. The van der Waals surface area contributed by atoms with Gasteiger partial charge >= 0.3 is 6.09 Å². The molecule has 0 aliphatic heterocycles. The maximum Gasteiger partial charge on any atom is 0.404 e. The molecule has 0 aliphatic carbocycles. The third kappa shape index (κ3) is 4.44. The average Bonchev–Trinajstić information content (AvgIpc) is 2.25. The van der Waals surface area contributed by atoms with E-state index in [0.717, 1.165) is 5.56 Å². The van der Waals surface area contributed by atoms with Crippen molar-refractivity contribution < 1.29 is 15.1 Å². The van der Waals surface area contributed by atoms with Crippen LogP contribution in [0.1, 0.15) is 5.56 Å². The Hall–Kier alpha value is -1.59. The third-order valence-corrected chi connectivity index (χ3v) is 2.01. The van der Waals surface area contributed by atoms with Crippen LogP contribution in [0.2, 0.25) is 0 Å². The molecule has 0 saturated heterocycles. The van der Waals surface area contributed by atoms with Crippen molar-refractivity contribution in [3.05, 3.63) is 35.9 Å². The Labute approximate surface area is 87.7 Å². The van der Waals surface area contributed by atoms with Gasteiger partial charge in [0, 0.05) is 6.54 Å². The summed E-state index contributed by atoms with van der Waals surface area (Å²) in [5.74, 6) is 0. The fraction of sp³-hybridized carbons (Fsp3) is 0.300. The zero-order chi connectivity index (χ0) is 11.1. The van der Waals surface area contributed by atoms with Gasteiger partial charge in [0.05, 0.1) is 6.04 Å². The van der Waals surface area contributed by atoms with Crippen LogP contribution in [0, 0.1) is 0 Å². The van der Waals surface area contributed by atoms with Crippen LogP contribution < -0.4 is 10.8 Å². The summed E-state index contributed by atoms with van der Waals surface area (Å²) in [6, 6.07) is 9.22. The Bertz CT molecular complexity index is 303. The Morgan fingerprint density at radius 2 is 2.00 bits per heavy atom. The van der Waals surface area contributed by atoms with Crippen LogP contribution in [-0.4, -0.2) is 29.0 Å².